The molecule has 0 saturated heterocycles. The molecule has 1 atom stereocenters. The lowest BCUT2D eigenvalue weighted by Crippen LogP contribution is -2.36. The van der Waals surface area contributed by atoms with Gasteiger partial charge in [0.1, 0.15) is 6.04 Å². The van der Waals surface area contributed by atoms with E-state index < -0.39 is 12.0 Å². The van der Waals surface area contributed by atoms with Crippen LogP contribution in [0.4, 0.5) is 0 Å². The molecule has 0 fully saturated rings. The highest BCUT2D eigenvalue weighted by molar-refractivity contribution is 7.99. The third-order valence-corrected chi connectivity index (χ3v) is 2.80. The van der Waals surface area contributed by atoms with Gasteiger partial charge in [-0.3, -0.25) is 4.79 Å². The predicted octanol–water partition coefficient (Wildman–Crippen LogP) is -0.129. The van der Waals surface area contributed by atoms with Crippen molar-refractivity contribution in [1.82, 2.24) is 10.2 Å². The van der Waals surface area contributed by atoms with Crippen molar-refractivity contribution in [3.05, 3.63) is 0 Å². The zero-order valence-electron chi connectivity index (χ0n) is 9.10. The Labute approximate surface area is 94.2 Å². The monoisotopic (exact) mass is 234 g/mol. The van der Waals surface area contributed by atoms with Gasteiger partial charge in [-0.05, 0) is 26.3 Å². The van der Waals surface area contributed by atoms with Crippen LogP contribution in [-0.4, -0.2) is 60.6 Å². The minimum atomic E-state index is -0.977. The molecule has 0 aromatic carbocycles. The number of carbonyl (C=O) groups excluding carboxylic acids is 1. The summed E-state index contributed by atoms with van der Waals surface area (Å²) in [6, 6.07) is -0.755. The fourth-order valence-electron chi connectivity index (χ4n) is 0.911. The van der Waals surface area contributed by atoms with Crippen LogP contribution in [0.3, 0.4) is 0 Å². The number of carbonyl (C=O) groups is 2. The third-order valence-electron chi connectivity index (χ3n) is 1.80. The van der Waals surface area contributed by atoms with E-state index in [4.69, 9.17) is 5.11 Å². The maximum Gasteiger partial charge on any atom is 0.326 e. The topological polar surface area (TPSA) is 69.6 Å². The minimum absolute atomic E-state index is 0.434. The van der Waals surface area contributed by atoms with E-state index in [0.29, 0.717) is 12.8 Å². The van der Waals surface area contributed by atoms with Crippen LogP contribution in [-0.2, 0) is 9.59 Å². The summed E-state index contributed by atoms with van der Waals surface area (Å²) in [6.45, 7) is 0.976. The fourth-order valence-corrected chi connectivity index (χ4v) is 2.01. The number of thioether (sulfide) groups is 1. The van der Waals surface area contributed by atoms with Crippen molar-refractivity contribution < 1.29 is 14.7 Å². The maximum atomic E-state index is 10.6. The molecular weight excluding hydrogens is 216 g/mol. The molecule has 15 heavy (non-hydrogen) atoms. The molecule has 0 aliphatic rings. The number of hydrogen-bond acceptors (Lipinski definition) is 4. The Morgan fingerprint density at radius 2 is 2.20 bits per heavy atom. The summed E-state index contributed by atoms with van der Waals surface area (Å²) in [5.74, 6) is 0.738. The van der Waals surface area contributed by atoms with Gasteiger partial charge in [0.15, 0.2) is 0 Å². The summed E-state index contributed by atoms with van der Waals surface area (Å²) in [6.07, 6.45) is 0.898. The summed E-state index contributed by atoms with van der Waals surface area (Å²) >= 11 is 1.69. The smallest absolute Gasteiger partial charge is 0.326 e. The average Bonchev–Trinajstić information content (AvgIpc) is 2.15. The van der Waals surface area contributed by atoms with Gasteiger partial charge >= 0.3 is 5.97 Å². The minimum Gasteiger partial charge on any atom is -0.480 e. The molecule has 0 aromatic rings. The van der Waals surface area contributed by atoms with Crippen molar-refractivity contribution in [2.45, 2.75) is 12.5 Å². The lowest BCUT2D eigenvalue weighted by atomic mass is 10.2. The molecule has 6 heteroatoms. The van der Waals surface area contributed by atoms with Gasteiger partial charge in [0, 0.05) is 12.3 Å². The zero-order chi connectivity index (χ0) is 11.7. The van der Waals surface area contributed by atoms with Crippen LogP contribution < -0.4 is 5.32 Å². The summed E-state index contributed by atoms with van der Waals surface area (Å²) in [4.78, 5) is 22.8. The van der Waals surface area contributed by atoms with Crippen molar-refractivity contribution in [1.29, 1.82) is 0 Å². The summed E-state index contributed by atoms with van der Waals surface area (Å²) in [5, 5.41) is 11.0. The Kier molecular flexibility index (Phi) is 8.12. The van der Waals surface area contributed by atoms with Gasteiger partial charge in [0.25, 0.3) is 0 Å². The maximum absolute atomic E-state index is 10.6. The number of aliphatic carboxylic acids is 1. The van der Waals surface area contributed by atoms with E-state index in [1.165, 1.54) is 0 Å². The molecule has 0 aromatic heterocycles. The zero-order valence-corrected chi connectivity index (χ0v) is 9.92. The highest BCUT2D eigenvalue weighted by atomic mass is 32.2. The number of nitrogens with zero attached hydrogens (tertiary/aromatic N) is 1. The van der Waals surface area contributed by atoms with E-state index in [-0.39, 0.29) is 0 Å². The molecule has 5 nitrogen and oxygen atoms in total. The van der Waals surface area contributed by atoms with Crippen molar-refractivity contribution in [2.24, 2.45) is 0 Å². The van der Waals surface area contributed by atoms with E-state index in [2.05, 4.69) is 10.2 Å². The fraction of sp³-hybridized carbons (Fsp3) is 0.778. The second kappa shape index (κ2) is 8.55. The second-order valence-corrected chi connectivity index (χ2v) is 4.60. The van der Waals surface area contributed by atoms with E-state index in [0.717, 1.165) is 18.1 Å². The van der Waals surface area contributed by atoms with Crippen molar-refractivity contribution in [3.8, 4) is 0 Å². The average molecular weight is 234 g/mol. The standard InChI is InChI=1S/C9H18N2O3S/c1-11(2)4-6-15-5-3-8(9(13)14)10-7-12/h7-8H,3-6H2,1-2H3,(H,10,12)(H,13,14). The first-order chi connectivity index (χ1) is 7.07. The summed E-state index contributed by atoms with van der Waals surface area (Å²) in [5.41, 5.74) is 0. The molecule has 0 saturated carbocycles. The van der Waals surface area contributed by atoms with Crippen LogP contribution >= 0.6 is 11.8 Å². The van der Waals surface area contributed by atoms with E-state index in [1.54, 1.807) is 11.8 Å². The normalized spacial score (nSPS) is 12.5. The van der Waals surface area contributed by atoms with Gasteiger partial charge in [-0.1, -0.05) is 0 Å². The molecule has 1 amide bonds. The second-order valence-electron chi connectivity index (χ2n) is 3.38. The van der Waals surface area contributed by atoms with E-state index in [9.17, 15) is 9.59 Å². The first kappa shape index (κ1) is 14.2. The quantitative estimate of drug-likeness (QED) is 0.429. The first-order valence-electron chi connectivity index (χ1n) is 4.73. The van der Waals surface area contributed by atoms with Gasteiger partial charge in [-0.15, -0.1) is 0 Å². The van der Waals surface area contributed by atoms with Crippen LogP contribution in [0.2, 0.25) is 0 Å². The van der Waals surface area contributed by atoms with Crippen molar-refractivity contribution >= 4 is 24.1 Å². The molecule has 0 spiro atoms. The Hall–Kier alpha value is -0.750. The Morgan fingerprint density at radius 1 is 1.53 bits per heavy atom. The van der Waals surface area contributed by atoms with Gasteiger partial charge in [-0.25, -0.2) is 4.79 Å². The summed E-state index contributed by atoms with van der Waals surface area (Å²) < 4.78 is 0. The van der Waals surface area contributed by atoms with Gasteiger partial charge in [0.05, 0.1) is 0 Å². The number of carboxylic acids is 1. The van der Waals surface area contributed by atoms with E-state index >= 15 is 0 Å². The number of carboxylic acid groups (broad SMARTS) is 1. The molecule has 2 N–H and O–H groups in total. The van der Waals surface area contributed by atoms with Crippen LogP contribution in [0, 0.1) is 0 Å². The van der Waals surface area contributed by atoms with Crippen molar-refractivity contribution in [3.63, 3.8) is 0 Å². The molecule has 0 heterocycles. The molecular formula is C9H18N2O3S. The SMILES string of the molecule is CN(C)CCSCCC(NC=O)C(=O)O. The predicted molar refractivity (Wildman–Crippen MR) is 61.1 cm³/mol. The van der Waals surface area contributed by atoms with Crippen molar-refractivity contribution in [2.75, 3.05) is 32.1 Å². The number of amides is 1. The first-order valence-corrected chi connectivity index (χ1v) is 5.88. The van der Waals surface area contributed by atoms with Gasteiger partial charge in [-0.2, -0.15) is 11.8 Å². The number of nitrogens with one attached hydrogen (secondary N) is 1. The van der Waals surface area contributed by atoms with Crippen LogP contribution in [0.15, 0.2) is 0 Å². The molecule has 0 aliphatic carbocycles. The number of hydrogen-bond donors (Lipinski definition) is 2. The lowest BCUT2D eigenvalue weighted by Gasteiger charge is -2.11. The van der Waals surface area contributed by atoms with Crippen LogP contribution in [0.25, 0.3) is 0 Å². The highest BCUT2D eigenvalue weighted by Crippen LogP contribution is 2.05. The molecule has 0 radical (unpaired) electrons. The largest absolute Gasteiger partial charge is 0.480 e. The van der Waals surface area contributed by atoms with Crippen LogP contribution in [0.1, 0.15) is 6.42 Å². The Balaban J connectivity index is 3.53. The van der Waals surface area contributed by atoms with E-state index in [1.807, 2.05) is 14.1 Å². The van der Waals surface area contributed by atoms with Gasteiger partial charge < -0.3 is 15.3 Å². The molecule has 0 bridgehead atoms. The lowest BCUT2D eigenvalue weighted by molar-refractivity contribution is -0.140. The molecule has 1 unspecified atom stereocenters. The Morgan fingerprint density at radius 3 is 2.67 bits per heavy atom. The van der Waals surface area contributed by atoms with Gasteiger partial charge in [0.2, 0.25) is 6.41 Å². The number of rotatable bonds is 9. The molecule has 88 valence electrons. The highest BCUT2D eigenvalue weighted by Gasteiger charge is 2.14. The Bertz CT molecular complexity index is 200. The molecule has 0 rings (SSSR count). The van der Waals surface area contributed by atoms with Crippen LogP contribution in [0.5, 0.6) is 0 Å². The molecule has 0 aliphatic heterocycles. The summed E-state index contributed by atoms with van der Waals surface area (Å²) in [7, 11) is 3.99. The third kappa shape index (κ3) is 8.26.